The van der Waals surface area contributed by atoms with Gasteiger partial charge in [0.2, 0.25) is 5.88 Å². The number of hydrogen-bond acceptors (Lipinski definition) is 9. The molecule has 3 atom stereocenters. The normalized spacial score (nSPS) is 26.1. The number of carbonyl (C=O) groups is 1. The third-order valence-electron chi connectivity index (χ3n) is 7.17. The second-order valence-electron chi connectivity index (χ2n) is 9.45. The molecule has 3 aliphatic heterocycles. The van der Waals surface area contributed by atoms with E-state index >= 15 is 0 Å². The highest BCUT2D eigenvalue weighted by Gasteiger charge is 2.47. The van der Waals surface area contributed by atoms with Crippen molar-refractivity contribution in [2.45, 2.75) is 43.9 Å². The zero-order valence-electron chi connectivity index (χ0n) is 19.0. The van der Waals surface area contributed by atoms with Crippen molar-refractivity contribution in [2.24, 2.45) is 5.73 Å². The number of anilines is 2. The lowest BCUT2D eigenvalue weighted by molar-refractivity contribution is 0.0147. The largest absolute Gasteiger partial charge is 0.475 e. The highest BCUT2D eigenvalue weighted by molar-refractivity contribution is 7.21. The first-order valence-corrected chi connectivity index (χ1v) is 12.5. The number of amides is 1. The van der Waals surface area contributed by atoms with Crippen LogP contribution in [0.3, 0.4) is 0 Å². The molecule has 0 saturated carbocycles. The number of pyridine rings is 2. The van der Waals surface area contributed by atoms with Crippen molar-refractivity contribution in [3.63, 3.8) is 0 Å². The van der Waals surface area contributed by atoms with Gasteiger partial charge in [-0.1, -0.05) is 0 Å². The second kappa shape index (κ2) is 8.07. The number of nitrogens with one attached hydrogen (secondary N) is 1. The smallest absolute Gasteiger partial charge is 0.263 e. The molecule has 3 aromatic heterocycles. The summed E-state index contributed by atoms with van der Waals surface area (Å²) in [5.74, 6) is 1.30. The number of aryl methyl sites for hydroxylation is 1. The van der Waals surface area contributed by atoms with E-state index in [-0.39, 0.29) is 23.6 Å². The van der Waals surface area contributed by atoms with Gasteiger partial charge in [0.15, 0.2) is 0 Å². The highest BCUT2D eigenvalue weighted by Crippen LogP contribution is 2.37. The zero-order chi connectivity index (χ0) is 23.4. The molecule has 34 heavy (non-hydrogen) atoms. The molecule has 178 valence electrons. The van der Waals surface area contributed by atoms with E-state index in [9.17, 15) is 4.79 Å². The number of rotatable bonds is 3. The Morgan fingerprint density at radius 1 is 1.29 bits per heavy atom. The summed E-state index contributed by atoms with van der Waals surface area (Å²) in [4.78, 5) is 25.7. The van der Waals surface area contributed by atoms with Gasteiger partial charge in [0.05, 0.1) is 11.7 Å². The average molecular weight is 481 g/mol. The number of nitrogens with two attached hydrogens (primary N) is 2. The number of fused-ring (bicyclic) bond motifs is 2. The molecule has 6 rings (SSSR count). The van der Waals surface area contributed by atoms with Gasteiger partial charge in [-0.3, -0.25) is 4.79 Å². The minimum Gasteiger partial charge on any atom is -0.475 e. The van der Waals surface area contributed by atoms with Crippen molar-refractivity contribution in [1.82, 2.24) is 15.3 Å². The van der Waals surface area contributed by atoms with Gasteiger partial charge in [-0.05, 0) is 44.0 Å². The van der Waals surface area contributed by atoms with E-state index in [1.807, 2.05) is 31.2 Å². The molecular weight excluding hydrogens is 452 g/mol. The minimum absolute atomic E-state index is 0.0746. The molecule has 0 radical (unpaired) electrons. The van der Waals surface area contributed by atoms with Crippen LogP contribution < -0.4 is 26.4 Å². The Kier molecular flexibility index (Phi) is 5.12. The first kappa shape index (κ1) is 21.6. The van der Waals surface area contributed by atoms with Crippen molar-refractivity contribution in [3.8, 4) is 5.88 Å². The molecule has 2 saturated heterocycles. The third kappa shape index (κ3) is 3.57. The zero-order valence-corrected chi connectivity index (χ0v) is 19.9. The number of hydrogen-bond donors (Lipinski definition) is 3. The standard InChI is InChI=1S/C24H28N6O3S/c1-13-2-4-16-19(26)20(34-23(16)27-13)21(31)28-15-10-14-3-5-18(29-22(14)32-11-15)30-8-7-24(12-30)17(25)6-9-33-24/h2-5,15,17H,6-12,25-26H2,1H3,(H,28,31)/t15-,17-,24-/m1/s1. The molecule has 6 heterocycles. The SMILES string of the molecule is Cc1ccc2c(N)c(C(=O)N[C@H]3COc4nc(N5CC[C@]6(C5)OCC[C@H]6N)ccc4C3)sc2n1. The molecular formula is C24H28N6O3S. The predicted molar refractivity (Wildman–Crippen MR) is 132 cm³/mol. The lowest BCUT2D eigenvalue weighted by Gasteiger charge is -2.29. The van der Waals surface area contributed by atoms with Crippen LogP contribution in [0.4, 0.5) is 11.5 Å². The number of nitrogen functional groups attached to an aromatic ring is 1. The van der Waals surface area contributed by atoms with E-state index in [4.69, 9.17) is 25.9 Å². The van der Waals surface area contributed by atoms with Crippen LogP contribution in [0, 0.1) is 6.92 Å². The summed E-state index contributed by atoms with van der Waals surface area (Å²) in [6.07, 6.45) is 2.47. The van der Waals surface area contributed by atoms with E-state index in [1.165, 1.54) is 11.3 Å². The topological polar surface area (TPSA) is 129 Å². The average Bonchev–Trinajstić information content (AvgIpc) is 3.51. The van der Waals surface area contributed by atoms with Gasteiger partial charge in [-0.25, -0.2) is 4.98 Å². The molecule has 0 bridgehead atoms. The van der Waals surface area contributed by atoms with Crippen molar-refractivity contribution in [1.29, 1.82) is 0 Å². The molecule has 1 amide bonds. The Hall–Kier alpha value is -2.95. The molecule has 3 aromatic rings. The number of aromatic nitrogens is 2. The van der Waals surface area contributed by atoms with Crippen molar-refractivity contribution in [2.75, 3.05) is 36.9 Å². The monoisotopic (exact) mass is 480 g/mol. The van der Waals surface area contributed by atoms with Gasteiger partial charge in [0.1, 0.15) is 27.7 Å². The lowest BCUT2D eigenvalue weighted by Crippen LogP contribution is -2.47. The minimum atomic E-state index is -0.253. The quantitative estimate of drug-likeness (QED) is 0.519. The summed E-state index contributed by atoms with van der Waals surface area (Å²) in [5.41, 5.74) is 14.7. The molecule has 0 aliphatic carbocycles. The molecule has 2 fully saturated rings. The molecule has 5 N–H and O–H groups in total. The number of carbonyl (C=O) groups excluding carboxylic acids is 1. The molecule has 3 aliphatic rings. The summed E-state index contributed by atoms with van der Waals surface area (Å²) >= 11 is 1.32. The third-order valence-corrected chi connectivity index (χ3v) is 8.28. The van der Waals surface area contributed by atoms with E-state index in [0.29, 0.717) is 29.5 Å². The van der Waals surface area contributed by atoms with Crippen LogP contribution >= 0.6 is 11.3 Å². The fraction of sp³-hybridized carbons (Fsp3) is 0.458. The van der Waals surface area contributed by atoms with Gasteiger partial charge in [0, 0.05) is 48.8 Å². The Balaban J connectivity index is 1.14. The van der Waals surface area contributed by atoms with Crippen LogP contribution in [0.15, 0.2) is 24.3 Å². The molecule has 10 heteroatoms. The second-order valence-corrected chi connectivity index (χ2v) is 10.4. The molecule has 0 unspecified atom stereocenters. The van der Waals surface area contributed by atoms with Gasteiger partial charge < -0.3 is 31.2 Å². The summed E-state index contributed by atoms with van der Waals surface area (Å²) in [6.45, 7) is 4.62. The Bertz CT molecular complexity index is 1280. The Labute approximate surface area is 201 Å². The van der Waals surface area contributed by atoms with Crippen LogP contribution in [-0.2, 0) is 11.2 Å². The molecule has 0 aromatic carbocycles. The van der Waals surface area contributed by atoms with Gasteiger partial charge in [-0.15, -0.1) is 11.3 Å². The Morgan fingerprint density at radius 2 is 2.18 bits per heavy atom. The van der Waals surface area contributed by atoms with E-state index in [2.05, 4.69) is 15.2 Å². The van der Waals surface area contributed by atoms with Crippen molar-refractivity contribution in [3.05, 3.63) is 40.4 Å². The first-order chi connectivity index (χ1) is 16.4. The maximum atomic E-state index is 13.0. The predicted octanol–water partition coefficient (Wildman–Crippen LogP) is 2.01. The van der Waals surface area contributed by atoms with Gasteiger partial charge >= 0.3 is 0 Å². The Morgan fingerprint density at radius 3 is 3.00 bits per heavy atom. The fourth-order valence-electron chi connectivity index (χ4n) is 5.20. The van der Waals surface area contributed by atoms with Crippen LogP contribution in [0.25, 0.3) is 10.2 Å². The summed E-state index contributed by atoms with van der Waals surface area (Å²) in [7, 11) is 0. The van der Waals surface area contributed by atoms with E-state index in [1.54, 1.807) is 0 Å². The molecule has 9 nitrogen and oxygen atoms in total. The number of nitrogens with zero attached hydrogens (tertiary/aromatic N) is 3. The maximum Gasteiger partial charge on any atom is 0.263 e. The lowest BCUT2D eigenvalue weighted by atomic mass is 9.94. The van der Waals surface area contributed by atoms with Crippen LogP contribution in [0.2, 0.25) is 0 Å². The van der Waals surface area contributed by atoms with Crippen LogP contribution in [0.5, 0.6) is 5.88 Å². The fourth-order valence-corrected chi connectivity index (χ4v) is 6.24. The van der Waals surface area contributed by atoms with Crippen LogP contribution in [0.1, 0.15) is 33.8 Å². The van der Waals surface area contributed by atoms with Crippen molar-refractivity contribution >= 4 is 39.0 Å². The first-order valence-electron chi connectivity index (χ1n) is 11.7. The summed E-state index contributed by atoms with van der Waals surface area (Å²) in [6, 6.07) is 7.79. The number of ether oxygens (including phenoxy) is 2. The van der Waals surface area contributed by atoms with Crippen LogP contribution in [-0.4, -0.2) is 59.9 Å². The van der Waals surface area contributed by atoms with E-state index < -0.39 is 0 Å². The summed E-state index contributed by atoms with van der Waals surface area (Å²) in [5, 5.41) is 3.89. The van der Waals surface area contributed by atoms with E-state index in [0.717, 1.165) is 59.8 Å². The van der Waals surface area contributed by atoms with Crippen molar-refractivity contribution < 1.29 is 14.3 Å². The summed E-state index contributed by atoms with van der Waals surface area (Å²) < 4.78 is 12.0. The maximum absolute atomic E-state index is 13.0. The van der Waals surface area contributed by atoms with Gasteiger partial charge in [0.25, 0.3) is 5.91 Å². The highest BCUT2D eigenvalue weighted by atomic mass is 32.1. The number of thiophene rings is 1. The van der Waals surface area contributed by atoms with Gasteiger partial charge in [-0.2, -0.15) is 4.98 Å². The molecule has 1 spiro atoms.